The number of pyridine rings is 1. The monoisotopic (exact) mass is 390 g/mol. The zero-order valence-electron chi connectivity index (χ0n) is 16.8. The lowest BCUT2D eigenvalue weighted by molar-refractivity contribution is 0.353. The van der Waals surface area contributed by atoms with Gasteiger partial charge in [-0.1, -0.05) is 0 Å². The molecular weight excluding hydrogens is 364 g/mol. The van der Waals surface area contributed by atoms with Gasteiger partial charge in [0.1, 0.15) is 11.5 Å². The molecule has 8 heteroatoms. The third-order valence-electron chi connectivity index (χ3n) is 6.21. The van der Waals surface area contributed by atoms with Crippen molar-refractivity contribution in [3.05, 3.63) is 36.7 Å². The number of hydrogen-bond acceptors (Lipinski definition) is 7. The Bertz CT molecular complexity index is 957. The molecule has 0 aromatic carbocycles. The number of rotatable bonds is 5. The molecule has 8 nitrogen and oxygen atoms in total. The molecule has 2 saturated heterocycles. The molecule has 3 aromatic heterocycles. The van der Waals surface area contributed by atoms with Crippen LogP contribution in [-0.2, 0) is 0 Å². The minimum absolute atomic E-state index is 0.525. The number of aromatic amines is 1. The van der Waals surface area contributed by atoms with Crippen molar-refractivity contribution in [3.8, 4) is 22.5 Å². The highest BCUT2D eigenvalue weighted by atomic mass is 15.3. The molecule has 0 amide bonds. The van der Waals surface area contributed by atoms with Crippen molar-refractivity contribution >= 4 is 11.6 Å². The van der Waals surface area contributed by atoms with E-state index in [0.29, 0.717) is 18.1 Å². The topological polar surface area (TPSA) is 94.7 Å². The van der Waals surface area contributed by atoms with Gasteiger partial charge in [0, 0.05) is 49.5 Å². The molecule has 3 aromatic rings. The molecular formula is C21H26N8. The van der Waals surface area contributed by atoms with Gasteiger partial charge in [-0.15, -0.1) is 10.2 Å². The minimum Gasteiger partial charge on any atom is -0.373 e. The Morgan fingerprint density at radius 3 is 2.48 bits per heavy atom. The van der Waals surface area contributed by atoms with Crippen LogP contribution in [0.1, 0.15) is 25.7 Å². The number of fused-ring (bicyclic) bond motifs is 2. The van der Waals surface area contributed by atoms with Crippen molar-refractivity contribution in [2.45, 2.75) is 43.8 Å². The third-order valence-corrected chi connectivity index (χ3v) is 6.21. The van der Waals surface area contributed by atoms with E-state index in [0.717, 1.165) is 34.2 Å². The van der Waals surface area contributed by atoms with E-state index in [-0.39, 0.29) is 0 Å². The van der Waals surface area contributed by atoms with E-state index in [2.05, 4.69) is 49.0 Å². The summed E-state index contributed by atoms with van der Waals surface area (Å²) in [5.41, 5.74) is 3.55. The largest absolute Gasteiger partial charge is 0.373 e. The van der Waals surface area contributed by atoms with Crippen molar-refractivity contribution in [1.82, 2.24) is 30.7 Å². The normalized spacial score (nSPS) is 23.2. The molecule has 2 aliphatic heterocycles. The average molecular weight is 390 g/mol. The molecule has 5 heterocycles. The summed E-state index contributed by atoms with van der Waals surface area (Å²) in [4.78, 5) is 7.02. The Hall–Kier alpha value is -3.00. The Morgan fingerprint density at radius 2 is 1.83 bits per heavy atom. The fraction of sp³-hybridized carbons (Fsp3) is 0.429. The van der Waals surface area contributed by atoms with Gasteiger partial charge in [-0.3, -0.25) is 5.10 Å². The lowest BCUT2D eigenvalue weighted by Gasteiger charge is -2.36. The second kappa shape index (κ2) is 7.44. The van der Waals surface area contributed by atoms with Gasteiger partial charge in [0.2, 0.25) is 0 Å². The van der Waals surface area contributed by atoms with Crippen molar-refractivity contribution in [3.63, 3.8) is 0 Å². The molecule has 2 aliphatic rings. The number of aromatic nitrogens is 5. The Balaban J connectivity index is 1.36. The van der Waals surface area contributed by atoms with Crippen LogP contribution in [0.4, 0.5) is 11.6 Å². The van der Waals surface area contributed by atoms with Crippen LogP contribution >= 0.6 is 0 Å². The molecule has 29 heavy (non-hydrogen) atoms. The van der Waals surface area contributed by atoms with Crippen molar-refractivity contribution in [2.24, 2.45) is 0 Å². The van der Waals surface area contributed by atoms with Crippen LogP contribution in [0.15, 0.2) is 36.7 Å². The number of hydrogen-bond donors (Lipinski definition) is 3. The second-order valence-corrected chi connectivity index (χ2v) is 7.98. The second-order valence-electron chi connectivity index (χ2n) is 7.98. The van der Waals surface area contributed by atoms with Gasteiger partial charge >= 0.3 is 0 Å². The summed E-state index contributed by atoms with van der Waals surface area (Å²) >= 11 is 0. The Labute approximate surface area is 170 Å². The molecule has 3 atom stereocenters. The maximum atomic E-state index is 4.73. The highest BCUT2D eigenvalue weighted by Gasteiger charge is 2.35. The summed E-state index contributed by atoms with van der Waals surface area (Å²) in [6, 6.07) is 9.91. The van der Waals surface area contributed by atoms with Crippen LogP contribution in [0.3, 0.4) is 0 Å². The molecule has 0 spiro atoms. The summed E-state index contributed by atoms with van der Waals surface area (Å²) in [5.74, 6) is 1.71. The summed E-state index contributed by atoms with van der Waals surface area (Å²) in [6.07, 6.45) is 8.60. The van der Waals surface area contributed by atoms with E-state index in [9.17, 15) is 0 Å². The molecule has 0 radical (unpaired) electrons. The third kappa shape index (κ3) is 3.44. The molecule has 0 aliphatic carbocycles. The first-order valence-electron chi connectivity index (χ1n) is 10.2. The quantitative estimate of drug-likeness (QED) is 0.616. The van der Waals surface area contributed by atoms with Crippen molar-refractivity contribution in [2.75, 3.05) is 24.3 Å². The van der Waals surface area contributed by atoms with E-state index in [1.807, 2.05) is 31.4 Å². The number of H-pyrrole nitrogens is 1. The maximum Gasteiger partial charge on any atom is 0.151 e. The maximum absolute atomic E-state index is 4.73. The predicted molar refractivity (Wildman–Crippen MR) is 114 cm³/mol. The fourth-order valence-electron chi connectivity index (χ4n) is 4.60. The SMILES string of the molecule is CNc1nc(-c2ccc(N(C)[C@H]3C[C@H]4CC[C@@H](C3)N4)nn2)ccc1-c1cn[nH]c1. The van der Waals surface area contributed by atoms with E-state index in [1.54, 1.807) is 6.20 Å². The molecule has 0 unspecified atom stereocenters. The van der Waals surface area contributed by atoms with Gasteiger partial charge in [-0.2, -0.15) is 5.10 Å². The van der Waals surface area contributed by atoms with Crippen LogP contribution in [-0.4, -0.2) is 57.6 Å². The summed E-state index contributed by atoms with van der Waals surface area (Å²) in [5, 5.41) is 22.7. The molecule has 3 N–H and O–H groups in total. The van der Waals surface area contributed by atoms with Crippen LogP contribution in [0.5, 0.6) is 0 Å². The summed E-state index contributed by atoms with van der Waals surface area (Å²) in [7, 11) is 4.00. The molecule has 0 saturated carbocycles. The first-order valence-corrected chi connectivity index (χ1v) is 10.2. The molecule has 5 rings (SSSR count). The first-order chi connectivity index (χ1) is 14.2. The van der Waals surface area contributed by atoms with E-state index in [1.165, 1.54) is 25.7 Å². The van der Waals surface area contributed by atoms with Crippen LogP contribution in [0.2, 0.25) is 0 Å². The van der Waals surface area contributed by atoms with Crippen molar-refractivity contribution in [1.29, 1.82) is 0 Å². The molecule has 2 fully saturated rings. The highest BCUT2D eigenvalue weighted by molar-refractivity contribution is 5.76. The highest BCUT2D eigenvalue weighted by Crippen LogP contribution is 2.32. The zero-order chi connectivity index (χ0) is 19.8. The Kier molecular flexibility index (Phi) is 4.63. The van der Waals surface area contributed by atoms with Crippen LogP contribution < -0.4 is 15.5 Å². The van der Waals surface area contributed by atoms with E-state index < -0.39 is 0 Å². The number of anilines is 2. The minimum atomic E-state index is 0.525. The summed E-state index contributed by atoms with van der Waals surface area (Å²) < 4.78 is 0. The summed E-state index contributed by atoms with van der Waals surface area (Å²) in [6.45, 7) is 0. The van der Waals surface area contributed by atoms with E-state index in [4.69, 9.17) is 4.98 Å². The van der Waals surface area contributed by atoms with Gasteiger partial charge in [0.25, 0.3) is 0 Å². The van der Waals surface area contributed by atoms with Crippen molar-refractivity contribution < 1.29 is 0 Å². The fourth-order valence-corrected chi connectivity index (χ4v) is 4.60. The van der Waals surface area contributed by atoms with Gasteiger partial charge < -0.3 is 15.5 Å². The first kappa shape index (κ1) is 18.1. The van der Waals surface area contributed by atoms with Crippen LogP contribution in [0.25, 0.3) is 22.5 Å². The van der Waals surface area contributed by atoms with Gasteiger partial charge in [-0.05, 0) is 49.9 Å². The van der Waals surface area contributed by atoms with Gasteiger partial charge in [-0.25, -0.2) is 4.98 Å². The Morgan fingerprint density at radius 1 is 1.03 bits per heavy atom. The number of piperidine rings is 1. The lowest BCUT2D eigenvalue weighted by Crippen LogP contribution is -2.47. The standard InChI is InChI=1S/C21H26N8/c1-22-21-17(13-11-23-24-12-13)5-6-18(26-21)19-7-8-20(28-27-19)29(2)16-9-14-3-4-15(10-16)25-14/h5-8,11-12,14-16,25H,3-4,9-10H2,1-2H3,(H,22,26)(H,23,24)/t14-,15+,16+. The van der Waals surface area contributed by atoms with E-state index >= 15 is 0 Å². The number of nitrogens with zero attached hydrogens (tertiary/aromatic N) is 5. The average Bonchev–Trinajstić information content (AvgIpc) is 3.42. The lowest BCUT2D eigenvalue weighted by atomic mass is 9.98. The predicted octanol–water partition coefficient (Wildman–Crippen LogP) is 2.69. The smallest absolute Gasteiger partial charge is 0.151 e. The zero-order valence-corrected chi connectivity index (χ0v) is 16.8. The van der Waals surface area contributed by atoms with Gasteiger partial charge in [0.15, 0.2) is 5.82 Å². The number of nitrogens with one attached hydrogen (secondary N) is 3. The van der Waals surface area contributed by atoms with Gasteiger partial charge in [0.05, 0.1) is 11.9 Å². The molecule has 150 valence electrons. The molecule has 2 bridgehead atoms. The van der Waals surface area contributed by atoms with Crippen LogP contribution in [0, 0.1) is 0 Å².